The minimum absolute atomic E-state index is 0.0371. The summed E-state index contributed by atoms with van der Waals surface area (Å²) >= 11 is 10.1. The average Bonchev–Trinajstić information content (AvgIpc) is 3.11. The van der Waals surface area contributed by atoms with Gasteiger partial charge in [0.15, 0.2) is 11.5 Å². The quantitative estimate of drug-likeness (QED) is 0.242. The van der Waals surface area contributed by atoms with Crippen LogP contribution in [0.15, 0.2) is 39.7 Å². The molecule has 1 N–H and O–H groups in total. The molecule has 0 spiro atoms. The highest BCUT2D eigenvalue weighted by atomic mass is 79.9. The molecule has 3 rings (SSSR count). The summed E-state index contributed by atoms with van der Waals surface area (Å²) in [4.78, 5) is 50.9. The average molecular weight is 608 g/mol. The van der Waals surface area contributed by atoms with Gasteiger partial charge in [-0.3, -0.25) is 19.3 Å². The molecule has 9 nitrogen and oxygen atoms in total. The highest BCUT2D eigenvalue weighted by Gasteiger charge is 2.36. The Morgan fingerprint density at radius 3 is 2.70 bits per heavy atom. The Labute approximate surface area is 230 Å². The van der Waals surface area contributed by atoms with Crippen molar-refractivity contribution < 1.29 is 33.4 Å². The Bertz CT molecular complexity index is 1340. The Morgan fingerprint density at radius 1 is 1.27 bits per heavy atom. The number of anilines is 1. The van der Waals surface area contributed by atoms with Crippen LogP contribution in [0, 0.1) is 12.3 Å². The maximum atomic E-state index is 12.9. The monoisotopic (exact) mass is 606 g/mol. The third-order valence-electron chi connectivity index (χ3n) is 4.77. The van der Waals surface area contributed by atoms with Gasteiger partial charge in [0.2, 0.25) is 5.91 Å². The smallest absolute Gasteiger partial charge is 0.339 e. The molecule has 0 saturated carbocycles. The van der Waals surface area contributed by atoms with Gasteiger partial charge in [0, 0.05) is 5.69 Å². The fourth-order valence-corrected chi connectivity index (χ4v) is 4.78. The number of terminal acetylenes is 1. The van der Waals surface area contributed by atoms with E-state index in [1.54, 1.807) is 19.1 Å². The maximum Gasteiger partial charge on any atom is 0.339 e. The molecular formula is C25H20BrClN2O7S. The number of hydrogen-bond donors (Lipinski definition) is 1. The molecule has 0 bridgehead atoms. The van der Waals surface area contributed by atoms with Gasteiger partial charge in [-0.1, -0.05) is 17.5 Å². The van der Waals surface area contributed by atoms with Crippen molar-refractivity contribution >= 4 is 74.1 Å². The Hall–Kier alpha value is -3.46. The van der Waals surface area contributed by atoms with Crippen molar-refractivity contribution in [3.8, 4) is 23.8 Å². The summed E-state index contributed by atoms with van der Waals surface area (Å²) in [5.74, 6) is 1.23. The number of nitrogens with one attached hydrogen (secondary N) is 1. The third kappa shape index (κ3) is 6.85. The SMILES string of the molecule is C#CCOc1c(Br)cc(/C=C2\SC(=O)N(CC(=O)Nc3ccc(Cl)c(C(=O)OCC)c3)C2=O)cc1OC. The molecule has 1 saturated heterocycles. The molecule has 37 heavy (non-hydrogen) atoms. The van der Waals surface area contributed by atoms with Gasteiger partial charge >= 0.3 is 5.97 Å². The zero-order valence-electron chi connectivity index (χ0n) is 19.6. The van der Waals surface area contributed by atoms with Crippen LogP contribution in [-0.2, 0) is 14.3 Å². The molecule has 0 atom stereocenters. The number of hydrogen-bond acceptors (Lipinski definition) is 8. The number of rotatable bonds is 9. The number of esters is 1. The highest BCUT2D eigenvalue weighted by molar-refractivity contribution is 9.10. The molecule has 0 radical (unpaired) electrons. The summed E-state index contributed by atoms with van der Waals surface area (Å²) in [5.41, 5.74) is 0.885. The molecular weight excluding hydrogens is 588 g/mol. The van der Waals surface area contributed by atoms with Gasteiger partial charge in [0.05, 0.1) is 33.7 Å². The molecule has 1 aliphatic rings. The molecule has 192 valence electrons. The number of carbonyl (C=O) groups is 4. The summed E-state index contributed by atoms with van der Waals surface area (Å²) in [7, 11) is 1.46. The maximum absolute atomic E-state index is 12.9. The normalized spacial score (nSPS) is 13.9. The number of methoxy groups -OCH3 is 1. The summed E-state index contributed by atoms with van der Waals surface area (Å²) in [6.45, 7) is 1.33. The van der Waals surface area contributed by atoms with Crippen LogP contribution < -0.4 is 14.8 Å². The van der Waals surface area contributed by atoms with Crippen LogP contribution in [0.5, 0.6) is 11.5 Å². The first-order chi connectivity index (χ1) is 17.7. The second kappa shape index (κ2) is 12.7. The molecule has 2 aromatic carbocycles. The first-order valence-electron chi connectivity index (χ1n) is 10.6. The van der Waals surface area contributed by atoms with Crippen molar-refractivity contribution in [3.05, 3.63) is 55.9 Å². The van der Waals surface area contributed by atoms with Crippen molar-refractivity contribution in [1.82, 2.24) is 4.90 Å². The summed E-state index contributed by atoms with van der Waals surface area (Å²) in [6, 6.07) is 7.57. The van der Waals surface area contributed by atoms with Gasteiger partial charge in [0.1, 0.15) is 13.2 Å². The number of amides is 3. The zero-order chi connectivity index (χ0) is 27.1. The lowest BCUT2D eigenvalue weighted by atomic mass is 10.2. The van der Waals surface area contributed by atoms with Gasteiger partial charge in [-0.2, -0.15) is 0 Å². The van der Waals surface area contributed by atoms with Gasteiger partial charge < -0.3 is 19.5 Å². The van der Waals surface area contributed by atoms with E-state index in [4.69, 9.17) is 32.2 Å². The Kier molecular flexibility index (Phi) is 9.63. The highest BCUT2D eigenvalue weighted by Crippen LogP contribution is 2.39. The predicted molar refractivity (Wildman–Crippen MR) is 144 cm³/mol. The van der Waals surface area contributed by atoms with Gasteiger partial charge in [-0.15, -0.1) is 6.42 Å². The van der Waals surface area contributed by atoms with E-state index in [9.17, 15) is 19.2 Å². The lowest BCUT2D eigenvalue weighted by Gasteiger charge is -2.13. The summed E-state index contributed by atoms with van der Waals surface area (Å²) < 4.78 is 16.3. The predicted octanol–water partition coefficient (Wildman–Crippen LogP) is 4.97. The van der Waals surface area contributed by atoms with E-state index in [0.717, 1.165) is 4.90 Å². The Morgan fingerprint density at radius 2 is 2.03 bits per heavy atom. The molecule has 1 fully saturated rings. The van der Waals surface area contributed by atoms with Gasteiger partial charge in [-0.25, -0.2) is 4.79 Å². The zero-order valence-corrected chi connectivity index (χ0v) is 22.8. The van der Waals surface area contributed by atoms with Crippen LogP contribution in [0.3, 0.4) is 0 Å². The third-order valence-corrected chi connectivity index (χ3v) is 6.60. The van der Waals surface area contributed by atoms with Crippen LogP contribution in [0.25, 0.3) is 6.08 Å². The van der Waals surface area contributed by atoms with Gasteiger partial charge in [-0.05, 0) is 76.6 Å². The van der Waals surface area contributed by atoms with Crippen LogP contribution in [0.4, 0.5) is 10.5 Å². The molecule has 3 amide bonds. The number of halogens is 2. The molecule has 1 aliphatic heterocycles. The van der Waals surface area contributed by atoms with Crippen LogP contribution in [0.1, 0.15) is 22.8 Å². The fraction of sp³-hybridized carbons (Fsp3) is 0.200. The van der Waals surface area contributed by atoms with E-state index in [2.05, 4.69) is 27.2 Å². The first kappa shape index (κ1) is 28.1. The van der Waals surface area contributed by atoms with Crippen LogP contribution in [0.2, 0.25) is 5.02 Å². The fourth-order valence-electron chi connectivity index (χ4n) is 3.18. The second-order valence-corrected chi connectivity index (χ2v) is 9.51. The second-order valence-electron chi connectivity index (χ2n) is 7.26. The standard InChI is InChI=1S/C25H20BrClN2O7S/c1-4-8-36-22-17(26)9-14(10-19(22)34-3)11-20-23(31)29(25(33)37-20)13-21(30)28-15-6-7-18(27)16(12-15)24(32)35-5-2/h1,6-7,9-12H,5,8,13H2,2-3H3,(H,28,30)/b20-11-. The number of ether oxygens (including phenoxy) is 3. The number of thioether (sulfide) groups is 1. The van der Waals surface area contributed by atoms with Gasteiger partial charge in [0.25, 0.3) is 11.1 Å². The molecule has 0 unspecified atom stereocenters. The van der Waals surface area contributed by atoms with E-state index in [-0.39, 0.29) is 34.4 Å². The number of carbonyl (C=O) groups excluding carboxylic acids is 4. The lowest BCUT2D eigenvalue weighted by molar-refractivity contribution is -0.127. The van der Waals surface area contributed by atoms with Crippen LogP contribution >= 0.6 is 39.3 Å². The van der Waals surface area contributed by atoms with Crippen molar-refractivity contribution in [2.45, 2.75) is 6.92 Å². The number of benzene rings is 2. The van der Waals surface area contributed by atoms with Crippen molar-refractivity contribution in [2.75, 3.05) is 32.2 Å². The first-order valence-corrected chi connectivity index (χ1v) is 12.6. The molecule has 0 aliphatic carbocycles. The van der Waals surface area contributed by atoms with Crippen molar-refractivity contribution in [3.63, 3.8) is 0 Å². The van der Waals surface area contributed by atoms with Crippen LogP contribution in [-0.4, -0.2) is 54.8 Å². The summed E-state index contributed by atoms with van der Waals surface area (Å²) in [6.07, 6.45) is 6.75. The summed E-state index contributed by atoms with van der Waals surface area (Å²) in [5, 5.41) is 2.11. The number of nitrogens with zero attached hydrogens (tertiary/aromatic N) is 1. The topological polar surface area (TPSA) is 111 Å². The minimum atomic E-state index is -0.640. The van der Waals surface area contributed by atoms with E-state index in [1.807, 2.05) is 0 Å². The number of imide groups is 1. The van der Waals surface area contributed by atoms with E-state index >= 15 is 0 Å². The van der Waals surface area contributed by atoms with E-state index < -0.39 is 29.6 Å². The molecule has 2 aromatic rings. The van der Waals surface area contributed by atoms with Crippen molar-refractivity contribution in [2.24, 2.45) is 0 Å². The minimum Gasteiger partial charge on any atom is -0.493 e. The lowest BCUT2D eigenvalue weighted by Crippen LogP contribution is -2.36. The molecule has 1 heterocycles. The van der Waals surface area contributed by atoms with Crippen molar-refractivity contribution in [1.29, 1.82) is 0 Å². The molecule has 0 aromatic heterocycles. The van der Waals surface area contributed by atoms with E-state index in [0.29, 0.717) is 33.3 Å². The largest absolute Gasteiger partial charge is 0.493 e. The molecule has 12 heteroatoms. The van der Waals surface area contributed by atoms with E-state index in [1.165, 1.54) is 31.4 Å². The Balaban J connectivity index is 1.74.